The Morgan fingerprint density at radius 1 is 1.26 bits per heavy atom. The lowest BCUT2D eigenvalue weighted by molar-refractivity contribution is -0.0500. The molecule has 3 heterocycles. The maximum Gasteiger partial charge on any atom is 0.132 e. The first kappa shape index (κ1) is 17.8. The van der Waals surface area contributed by atoms with Gasteiger partial charge in [0.2, 0.25) is 0 Å². The summed E-state index contributed by atoms with van der Waals surface area (Å²) < 4.78 is 12.0. The fraction of sp³-hybridized carbons (Fsp3) is 0.800. The van der Waals surface area contributed by atoms with E-state index in [4.69, 9.17) is 9.47 Å². The van der Waals surface area contributed by atoms with Crippen LogP contribution in [0.3, 0.4) is 0 Å². The molecule has 7 nitrogen and oxygen atoms in total. The van der Waals surface area contributed by atoms with E-state index < -0.39 is 0 Å². The second-order valence-electron chi connectivity index (χ2n) is 8.96. The molecule has 0 radical (unpaired) electrons. The summed E-state index contributed by atoms with van der Waals surface area (Å²) in [6.07, 6.45) is 7.92. The van der Waals surface area contributed by atoms with Gasteiger partial charge in [-0.05, 0) is 46.0 Å². The molecule has 2 aliphatic carbocycles. The third kappa shape index (κ3) is 3.58. The van der Waals surface area contributed by atoms with E-state index in [1.54, 1.807) is 6.33 Å². The predicted octanol–water partition coefficient (Wildman–Crippen LogP) is 1.96. The number of hydrazine groups is 1. The van der Waals surface area contributed by atoms with Gasteiger partial charge in [-0.3, -0.25) is 5.43 Å². The minimum absolute atomic E-state index is 0.154. The van der Waals surface area contributed by atoms with Gasteiger partial charge in [0.1, 0.15) is 12.1 Å². The van der Waals surface area contributed by atoms with Crippen LogP contribution in [0.1, 0.15) is 57.7 Å². The summed E-state index contributed by atoms with van der Waals surface area (Å²) in [6, 6.07) is 3.22. The normalized spacial score (nSPS) is 37.9. The van der Waals surface area contributed by atoms with Crippen LogP contribution in [0.4, 0.5) is 5.82 Å². The minimum Gasteiger partial charge on any atom is -0.377 e. The molecule has 0 bridgehead atoms. The van der Waals surface area contributed by atoms with Crippen molar-refractivity contribution in [1.82, 2.24) is 20.8 Å². The largest absolute Gasteiger partial charge is 0.377 e. The van der Waals surface area contributed by atoms with Gasteiger partial charge < -0.3 is 14.4 Å². The highest BCUT2D eigenvalue weighted by atomic mass is 16.5. The molecule has 27 heavy (non-hydrogen) atoms. The van der Waals surface area contributed by atoms with E-state index in [1.165, 1.54) is 12.8 Å². The number of nitrogens with one attached hydrogen (secondary N) is 2. The lowest BCUT2D eigenvalue weighted by Crippen LogP contribution is -2.44. The number of anilines is 1. The number of morpholine rings is 1. The third-order valence-corrected chi connectivity index (χ3v) is 6.76. The molecular weight excluding hydrogens is 342 g/mol. The molecular formula is C20H31N5O2. The Hall–Kier alpha value is -1.28. The van der Waals surface area contributed by atoms with Gasteiger partial charge in [0.25, 0.3) is 0 Å². The molecule has 148 valence electrons. The lowest BCUT2D eigenvalue weighted by Gasteiger charge is -2.35. The van der Waals surface area contributed by atoms with Crippen molar-refractivity contribution in [3.8, 4) is 0 Å². The predicted molar refractivity (Wildman–Crippen MR) is 102 cm³/mol. The molecule has 4 unspecified atom stereocenters. The Morgan fingerprint density at radius 3 is 2.96 bits per heavy atom. The van der Waals surface area contributed by atoms with E-state index in [1.807, 2.05) is 0 Å². The summed E-state index contributed by atoms with van der Waals surface area (Å²) in [5.41, 5.74) is 8.26. The Bertz CT molecular complexity index is 682. The van der Waals surface area contributed by atoms with Crippen molar-refractivity contribution in [2.45, 2.75) is 75.8 Å². The maximum absolute atomic E-state index is 6.40. The molecule has 0 aromatic carbocycles. The van der Waals surface area contributed by atoms with Crippen molar-refractivity contribution < 1.29 is 9.47 Å². The SMILES string of the molecule is C[C@H]1COCCN1c1cc(C2NNC3CCC(OC4(C)CC4)CC32)ncn1. The average molecular weight is 374 g/mol. The summed E-state index contributed by atoms with van der Waals surface area (Å²) in [7, 11) is 0. The van der Waals surface area contributed by atoms with Crippen LogP contribution < -0.4 is 15.8 Å². The number of hydrogen-bond acceptors (Lipinski definition) is 7. The standard InChI is InChI=1S/C20H31N5O2/c1-13-11-26-8-7-25(13)18-10-17(21-12-22-18)19-15-9-14(27-20(2)5-6-20)3-4-16(15)23-24-19/h10,12-16,19,23-24H,3-9,11H2,1-2H3/t13-,14?,15?,16?,19?/m0/s1. The summed E-state index contributed by atoms with van der Waals surface area (Å²) in [5, 5.41) is 0. The summed E-state index contributed by atoms with van der Waals surface area (Å²) in [6.45, 7) is 6.84. The van der Waals surface area contributed by atoms with Gasteiger partial charge in [0.15, 0.2) is 0 Å². The van der Waals surface area contributed by atoms with Gasteiger partial charge in [0.05, 0.1) is 42.7 Å². The van der Waals surface area contributed by atoms with Gasteiger partial charge in [-0.25, -0.2) is 15.4 Å². The third-order valence-electron chi connectivity index (χ3n) is 6.76. The van der Waals surface area contributed by atoms with Crippen LogP contribution in [0.25, 0.3) is 0 Å². The summed E-state index contributed by atoms with van der Waals surface area (Å²) in [4.78, 5) is 11.5. The molecule has 0 amide bonds. The average Bonchev–Trinajstić information content (AvgIpc) is 3.25. The molecule has 1 aromatic rings. The van der Waals surface area contributed by atoms with E-state index in [-0.39, 0.29) is 11.6 Å². The number of nitrogens with zero attached hydrogens (tertiary/aromatic N) is 3. The molecule has 2 N–H and O–H groups in total. The lowest BCUT2D eigenvalue weighted by atomic mass is 9.79. The number of aromatic nitrogens is 2. The van der Waals surface area contributed by atoms with Crippen molar-refractivity contribution >= 4 is 5.82 Å². The van der Waals surface area contributed by atoms with Gasteiger partial charge in [0, 0.05) is 24.6 Å². The first-order valence-electron chi connectivity index (χ1n) is 10.5. The molecule has 2 saturated carbocycles. The zero-order valence-electron chi connectivity index (χ0n) is 16.4. The Kier molecular flexibility index (Phi) is 4.58. The van der Waals surface area contributed by atoms with Crippen LogP contribution in [-0.4, -0.2) is 53.5 Å². The van der Waals surface area contributed by atoms with Crippen LogP contribution in [0.15, 0.2) is 12.4 Å². The number of rotatable bonds is 4. The van der Waals surface area contributed by atoms with Gasteiger partial charge in [-0.1, -0.05) is 0 Å². The van der Waals surface area contributed by atoms with Gasteiger partial charge >= 0.3 is 0 Å². The van der Waals surface area contributed by atoms with Crippen molar-refractivity contribution in [1.29, 1.82) is 0 Å². The zero-order chi connectivity index (χ0) is 18.4. The van der Waals surface area contributed by atoms with E-state index in [0.29, 0.717) is 24.1 Å². The molecule has 2 saturated heterocycles. The van der Waals surface area contributed by atoms with E-state index >= 15 is 0 Å². The quantitative estimate of drug-likeness (QED) is 0.836. The maximum atomic E-state index is 6.40. The highest BCUT2D eigenvalue weighted by Crippen LogP contribution is 2.45. The minimum atomic E-state index is 0.154. The molecule has 4 aliphatic rings. The smallest absolute Gasteiger partial charge is 0.132 e. The molecule has 1 aromatic heterocycles. The van der Waals surface area contributed by atoms with Crippen molar-refractivity contribution in [2.75, 3.05) is 24.7 Å². The van der Waals surface area contributed by atoms with E-state index in [9.17, 15) is 0 Å². The Labute approximate surface area is 161 Å². The highest BCUT2D eigenvalue weighted by molar-refractivity contribution is 5.41. The second kappa shape index (κ2) is 6.95. The topological polar surface area (TPSA) is 71.5 Å². The van der Waals surface area contributed by atoms with Crippen LogP contribution in [-0.2, 0) is 9.47 Å². The van der Waals surface area contributed by atoms with Gasteiger partial charge in [-0.2, -0.15) is 0 Å². The first-order valence-corrected chi connectivity index (χ1v) is 10.5. The Balaban J connectivity index is 1.32. The van der Waals surface area contributed by atoms with E-state index in [0.717, 1.165) is 50.5 Å². The fourth-order valence-corrected chi connectivity index (χ4v) is 4.87. The van der Waals surface area contributed by atoms with Crippen LogP contribution in [0.2, 0.25) is 0 Å². The number of hydrogen-bond donors (Lipinski definition) is 2. The van der Waals surface area contributed by atoms with Gasteiger partial charge in [-0.15, -0.1) is 0 Å². The monoisotopic (exact) mass is 373 g/mol. The first-order chi connectivity index (χ1) is 13.1. The molecule has 2 aliphatic heterocycles. The van der Waals surface area contributed by atoms with Crippen molar-refractivity contribution in [2.24, 2.45) is 5.92 Å². The van der Waals surface area contributed by atoms with E-state index in [2.05, 4.69) is 45.6 Å². The molecule has 5 atom stereocenters. The molecule has 4 fully saturated rings. The Morgan fingerprint density at radius 2 is 2.15 bits per heavy atom. The fourth-order valence-electron chi connectivity index (χ4n) is 4.87. The summed E-state index contributed by atoms with van der Waals surface area (Å²) in [5.74, 6) is 1.52. The second-order valence-corrected chi connectivity index (χ2v) is 8.96. The van der Waals surface area contributed by atoms with Crippen LogP contribution in [0.5, 0.6) is 0 Å². The number of ether oxygens (including phenoxy) is 2. The highest BCUT2D eigenvalue weighted by Gasteiger charge is 2.46. The molecule has 7 heteroatoms. The molecule has 0 spiro atoms. The summed E-state index contributed by atoms with van der Waals surface area (Å²) >= 11 is 0. The number of fused-ring (bicyclic) bond motifs is 1. The van der Waals surface area contributed by atoms with Crippen molar-refractivity contribution in [3.05, 3.63) is 18.1 Å². The van der Waals surface area contributed by atoms with Crippen LogP contribution in [0, 0.1) is 5.92 Å². The zero-order valence-corrected chi connectivity index (χ0v) is 16.4. The van der Waals surface area contributed by atoms with Crippen molar-refractivity contribution in [3.63, 3.8) is 0 Å². The van der Waals surface area contributed by atoms with Crippen LogP contribution >= 0.6 is 0 Å². The molecule has 5 rings (SSSR count).